The fraction of sp³-hybridized carbons (Fsp3) is 0.520. The summed E-state index contributed by atoms with van der Waals surface area (Å²) in [5, 5.41) is 0. The van der Waals surface area contributed by atoms with E-state index in [0.717, 1.165) is 11.3 Å². The molecule has 0 amide bonds. The lowest BCUT2D eigenvalue weighted by atomic mass is 9.67. The van der Waals surface area contributed by atoms with Gasteiger partial charge >= 0.3 is 11.9 Å². The normalized spacial score (nSPS) is 22.2. The number of nitrogens with zero attached hydrogens (tertiary/aromatic N) is 1. The second-order valence-corrected chi connectivity index (χ2v) is 8.99. The van der Waals surface area contributed by atoms with Gasteiger partial charge in [-0.25, -0.2) is 4.79 Å². The van der Waals surface area contributed by atoms with E-state index >= 15 is 0 Å². The van der Waals surface area contributed by atoms with Crippen LogP contribution in [0.5, 0.6) is 0 Å². The van der Waals surface area contributed by atoms with Gasteiger partial charge in [0.15, 0.2) is 5.78 Å². The van der Waals surface area contributed by atoms with Gasteiger partial charge in [0.05, 0.1) is 19.3 Å². The van der Waals surface area contributed by atoms with Crippen LogP contribution in [0.25, 0.3) is 0 Å². The number of carbonyl (C=O) groups excluding carboxylic acids is 3. The molecule has 1 unspecified atom stereocenters. The highest BCUT2D eigenvalue weighted by Crippen LogP contribution is 2.47. The lowest BCUT2D eigenvalue weighted by Gasteiger charge is -2.39. The first-order chi connectivity index (χ1) is 15.2. The lowest BCUT2D eigenvalue weighted by molar-refractivity contribution is -0.148. The Morgan fingerprint density at radius 2 is 1.81 bits per heavy atom. The van der Waals surface area contributed by atoms with Gasteiger partial charge in [0, 0.05) is 35.9 Å². The highest BCUT2D eigenvalue weighted by Gasteiger charge is 2.46. The molecule has 1 aromatic carbocycles. The maximum atomic E-state index is 13.3. The molecule has 0 bridgehead atoms. The zero-order valence-electron chi connectivity index (χ0n) is 19.4. The largest absolute Gasteiger partial charge is 0.465 e. The van der Waals surface area contributed by atoms with Crippen molar-refractivity contribution in [1.82, 2.24) is 0 Å². The molecule has 3 rings (SSSR count). The Morgan fingerprint density at radius 3 is 2.44 bits per heavy atom. The van der Waals surface area contributed by atoms with Crippen molar-refractivity contribution >= 4 is 23.4 Å². The fourth-order valence-corrected chi connectivity index (χ4v) is 4.49. The van der Waals surface area contributed by atoms with E-state index in [1.165, 1.54) is 7.11 Å². The Hall–Kier alpha value is -2.80. The molecule has 0 fully saturated rings. The molecule has 2 atom stereocenters. The zero-order chi connectivity index (χ0) is 23.5. The standard InChI is InChI=1S/C25H31NO6/c1-6-31-11-12-32-24(29)20-15(2)26-18-13-25(3,4)14-19(27)22(18)21(20)16-7-9-17(10-8-16)23(28)30-5/h7-10,20-21H,6,11-14H2,1-5H3/t20?,21-/m1/s1. The summed E-state index contributed by atoms with van der Waals surface area (Å²) in [6.07, 6.45) is 1.05. The van der Waals surface area contributed by atoms with Crippen LogP contribution >= 0.6 is 0 Å². The van der Waals surface area contributed by atoms with E-state index in [0.29, 0.717) is 42.9 Å². The van der Waals surface area contributed by atoms with Gasteiger partial charge in [0.2, 0.25) is 0 Å². The number of methoxy groups -OCH3 is 1. The highest BCUT2D eigenvalue weighted by molar-refractivity contribution is 6.09. The summed E-state index contributed by atoms with van der Waals surface area (Å²) in [6, 6.07) is 6.84. The lowest BCUT2D eigenvalue weighted by Crippen LogP contribution is -2.39. The summed E-state index contributed by atoms with van der Waals surface area (Å²) in [4.78, 5) is 42.9. The van der Waals surface area contributed by atoms with Gasteiger partial charge in [0.25, 0.3) is 0 Å². The topological polar surface area (TPSA) is 91.3 Å². The number of esters is 2. The third-order valence-corrected chi connectivity index (χ3v) is 5.92. The molecule has 1 aromatic rings. The molecule has 172 valence electrons. The molecule has 32 heavy (non-hydrogen) atoms. The highest BCUT2D eigenvalue weighted by atomic mass is 16.6. The minimum absolute atomic E-state index is 0.00154. The molecule has 0 saturated heterocycles. The molecular weight excluding hydrogens is 410 g/mol. The first kappa shape index (κ1) is 23.9. The van der Waals surface area contributed by atoms with Crippen LogP contribution in [-0.4, -0.2) is 50.4 Å². The summed E-state index contributed by atoms with van der Waals surface area (Å²) in [6.45, 7) is 8.76. The molecular formula is C25H31NO6. The predicted molar refractivity (Wildman–Crippen MR) is 120 cm³/mol. The van der Waals surface area contributed by atoms with Crippen LogP contribution in [0.2, 0.25) is 0 Å². The van der Waals surface area contributed by atoms with Gasteiger partial charge in [0.1, 0.15) is 12.5 Å². The monoisotopic (exact) mass is 441 g/mol. The number of hydrogen-bond acceptors (Lipinski definition) is 7. The van der Waals surface area contributed by atoms with Crippen LogP contribution in [0.3, 0.4) is 0 Å². The van der Waals surface area contributed by atoms with E-state index in [4.69, 9.17) is 19.2 Å². The molecule has 7 nitrogen and oxygen atoms in total. The second kappa shape index (κ2) is 9.77. The number of ether oxygens (including phenoxy) is 3. The molecule has 1 heterocycles. The first-order valence-corrected chi connectivity index (χ1v) is 10.9. The smallest absolute Gasteiger partial charge is 0.337 e. The number of Topliss-reactive ketones (excluding diaryl/α,β-unsaturated/α-hetero) is 1. The zero-order valence-corrected chi connectivity index (χ0v) is 19.4. The van der Waals surface area contributed by atoms with Crippen molar-refractivity contribution in [3.05, 3.63) is 46.7 Å². The van der Waals surface area contributed by atoms with E-state index in [9.17, 15) is 14.4 Å². The molecule has 1 aliphatic heterocycles. The van der Waals surface area contributed by atoms with Crippen LogP contribution in [0.15, 0.2) is 40.5 Å². The molecule has 0 saturated carbocycles. The van der Waals surface area contributed by atoms with E-state index in [2.05, 4.69) is 0 Å². The van der Waals surface area contributed by atoms with Crippen molar-refractivity contribution in [3.63, 3.8) is 0 Å². The Bertz CT molecular complexity index is 957. The van der Waals surface area contributed by atoms with Crippen molar-refractivity contribution in [2.45, 2.75) is 46.5 Å². The van der Waals surface area contributed by atoms with E-state index in [1.807, 2.05) is 20.8 Å². The Balaban J connectivity index is 2.02. The minimum Gasteiger partial charge on any atom is -0.465 e. The number of allylic oxidation sites excluding steroid dienone is 2. The number of benzene rings is 1. The SMILES string of the molecule is CCOCCOC(=O)C1C(C)=NC2=C(C(=O)CC(C)(C)C2)[C@@H]1c1ccc(C(=O)OC)cc1. The van der Waals surface area contributed by atoms with Gasteiger partial charge in [-0.3, -0.25) is 14.6 Å². The Morgan fingerprint density at radius 1 is 1.12 bits per heavy atom. The number of hydrogen-bond donors (Lipinski definition) is 0. The van der Waals surface area contributed by atoms with Crippen molar-refractivity contribution in [2.75, 3.05) is 26.9 Å². The van der Waals surface area contributed by atoms with Crippen LogP contribution < -0.4 is 0 Å². The van der Waals surface area contributed by atoms with Crippen LogP contribution in [0.1, 0.15) is 62.4 Å². The van der Waals surface area contributed by atoms with Crippen LogP contribution in [0, 0.1) is 11.3 Å². The van der Waals surface area contributed by atoms with Crippen molar-refractivity contribution < 1.29 is 28.6 Å². The average molecular weight is 442 g/mol. The molecule has 1 aliphatic carbocycles. The number of carbonyl (C=O) groups is 3. The third kappa shape index (κ3) is 4.99. The van der Waals surface area contributed by atoms with Crippen LogP contribution in [0.4, 0.5) is 0 Å². The van der Waals surface area contributed by atoms with Crippen molar-refractivity contribution in [2.24, 2.45) is 16.3 Å². The summed E-state index contributed by atoms with van der Waals surface area (Å²) < 4.78 is 15.5. The quantitative estimate of drug-likeness (QED) is 0.471. The Labute approximate surface area is 188 Å². The first-order valence-electron chi connectivity index (χ1n) is 10.9. The molecule has 0 aromatic heterocycles. The van der Waals surface area contributed by atoms with Gasteiger partial charge in [-0.05, 0) is 43.4 Å². The number of aliphatic imine (C=N–C) groups is 1. The summed E-state index contributed by atoms with van der Waals surface area (Å²) in [7, 11) is 1.32. The average Bonchev–Trinajstić information content (AvgIpc) is 2.74. The van der Waals surface area contributed by atoms with Gasteiger partial charge < -0.3 is 14.2 Å². The number of ketones is 1. The van der Waals surface area contributed by atoms with Crippen LogP contribution in [-0.2, 0) is 23.8 Å². The van der Waals surface area contributed by atoms with Crippen molar-refractivity contribution in [3.8, 4) is 0 Å². The van der Waals surface area contributed by atoms with Crippen molar-refractivity contribution in [1.29, 1.82) is 0 Å². The van der Waals surface area contributed by atoms with E-state index in [1.54, 1.807) is 31.2 Å². The van der Waals surface area contributed by atoms with E-state index in [-0.39, 0.29) is 17.8 Å². The number of rotatable bonds is 7. The molecule has 0 N–H and O–H groups in total. The molecule has 2 aliphatic rings. The summed E-state index contributed by atoms with van der Waals surface area (Å²) in [5.74, 6) is -2.11. The van der Waals surface area contributed by atoms with Gasteiger partial charge in [-0.15, -0.1) is 0 Å². The summed E-state index contributed by atoms with van der Waals surface area (Å²) >= 11 is 0. The molecule has 7 heteroatoms. The molecule has 0 spiro atoms. The molecule has 0 radical (unpaired) electrons. The Kier molecular flexibility index (Phi) is 7.29. The van der Waals surface area contributed by atoms with Gasteiger partial charge in [-0.2, -0.15) is 0 Å². The van der Waals surface area contributed by atoms with E-state index < -0.39 is 23.8 Å². The fourth-order valence-electron chi connectivity index (χ4n) is 4.49. The third-order valence-electron chi connectivity index (χ3n) is 5.92. The maximum Gasteiger partial charge on any atom is 0.337 e. The second-order valence-electron chi connectivity index (χ2n) is 8.99. The maximum absolute atomic E-state index is 13.3. The minimum atomic E-state index is -0.718. The van der Waals surface area contributed by atoms with Gasteiger partial charge in [-0.1, -0.05) is 26.0 Å². The predicted octanol–water partition coefficient (Wildman–Crippen LogP) is 3.87. The summed E-state index contributed by atoms with van der Waals surface area (Å²) in [5.41, 5.74) is 2.91.